The summed E-state index contributed by atoms with van der Waals surface area (Å²) in [6.07, 6.45) is 0. The molecule has 1 heterocycles. The van der Waals surface area contributed by atoms with Gasteiger partial charge < -0.3 is 20.1 Å². The zero-order valence-electron chi connectivity index (χ0n) is 21.4. The number of rotatable bonds is 9. The predicted octanol–water partition coefficient (Wildman–Crippen LogP) is 5.79. The van der Waals surface area contributed by atoms with Crippen LogP contribution in [0.3, 0.4) is 0 Å². The normalized spacial score (nSPS) is 10.6. The minimum absolute atomic E-state index is 0.332. The summed E-state index contributed by atoms with van der Waals surface area (Å²) in [5.41, 5.74) is 4.13. The van der Waals surface area contributed by atoms with Gasteiger partial charge in [-0.15, -0.1) is 0 Å². The second kappa shape index (κ2) is 11.4. The number of hydrogen-bond donors (Lipinski definition) is 2. The van der Waals surface area contributed by atoms with Crippen LogP contribution in [-0.4, -0.2) is 34.8 Å². The maximum absolute atomic E-state index is 13.3. The fourth-order valence-electron chi connectivity index (χ4n) is 4.00. The van der Waals surface area contributed by atoms with Gasteiger partial charge in [0.2, 0.25) is 0 Å². The fourth-order valence-corrected chi connectivity index (χ4v) is 4.00. The number of hydrogen-bond acceptors (Lipinski definition) is 5. The first-order valence-electron chi connectivity index (χ1n) is 12.2. The first kappa shape index (κ1) is 25.5. The van der Waals surface area contributed by atoms with Gasteiger partial charge in [0, 0.05) is 5.56 Å². The Hall–Kier alpha value is -4.59. The van der Waals surface area contributed by atoms with Crippen LogP contribution in [-0.2, 0) is 0 Å². The number of anilines is 2. The van der Waals surface area contributed by atoms with Gasteiger partial charge in [-0.2, -0.15) is 5.10 Å². The van der Waals surface area contributed by atoms with Gasteiger partial charge in [-0.1, -0.05) is 30.3 Å². The van der Waals surface area contributed by atoms with Gasteiger partial charge in [0.15, 0.2) is 11.5 Å². The minimum atomic E-state index is -0.367. The third-order valence-electron chi connectivity index (χ3n) is 5.76. The lowest BCUT2D eigenvalue weighted by molar-refractivity contribution is 0.102. The number of aromatic nitrogens is 2. The van der Waals surface area contributed by atoms with E-state index in [9.17, 15) is 9.59 Å². The molecule has 37 heavy (non-hydrogen) atoms. The quantitative estimate of drug-likeness (QED) is 0.305. The Bertz CT molecular complexity index is 1410. The Morgan fingerprint density at radius 3 is 2.22 bits per heavy atom. The smallest absolute Gasteiger partial charge is 0.257 e. The molecule has 0 unspecified atom stereocenters. The van der Waals surface area contributed by atoms with Gasteiger partial charge in [0.25, 0.3) is 11.8 Å². The standard InChI is InChI=1S/C29H30N4O4/c1-5-36-25-17-16-21(18-26(25)37-6-2)28(34)30-24-15-11-10-14-23(24)29(35)31-27-19(3)32-33(20(27)4)22-12-8-7-9-13-22/h7-18H,5-6H2,1-4H3,(H,30,34)(H,31,35). The van der Waals surface area contributed by atoms with Crippen LogP contribution in [0, 0.1) is 13.8 Å². The third kappa shape index (κ3) is 5.64. The summed E-state index contributed by atoms with van der Waals surface area (Å²) < 4.78 is 13.0. The van der Waals surface area contributed by atoms with Gasteiger partial charge in [0.1, 0.15) is 0 Å². The SMILES string of the molecule is CCOc1ccc(C(=O)Nc2ccccc2C(=O)Nc2c(C)nn(-c3ccccc3)c2C)cc1OCC. The molecule has 2 N–H and O–H groups in total. The van der Waals surface area contributed by atoms with E-state index in [0.29, 0.717) is 52.9 Å². The van der Waals surface area contributed by atoms with Gasteiger partial charge in [0.05, 0.1) is 47.2 Å². The molecule has 0 saturated carbocycles. The van der Waals surface area contributed by atoms with Crippen molar-refractivity contribution in [2.75, 3.05) is 23.8 Å². The molecule has 0 aliphatic heterocycles. The zero-order valence-corrected chi connectivity index (χ0v) is 21.4. The highest BCUT2D eigenvalue weighted by atomic mass is 16.5. The van der Waals surface area contributed by atoms with Crippen molar-refractivity contribution >= 4 is 23.2 Å². The van der Waals surface area contributed by atoms with Crippen molar-refractivity contribution in [3.05, 3.63) is 95.3 Å². The molecular weight excluding hydrogens is 468 g/mol. The van der Waals surface area contributed by atoms with Gasteiger partial charge >= 0.3 is 0 Å². The predicted molar refractivity (Wildman–Crippen MR) is 144 cm³/mol. The Labute approximate surface area is 216 Å². The van der Waals surface area contributed by atoms with Gasteiger partial charge in [-0.05, 0) is 70.2 Å². The summed E-state index contributed by atoms with van der Waals surface area (Å²) in [4.78, 5) is 26.4. The lowest BCUT2D eigenvalue weighted by Gasteiger charge is -2.14. The van der Waals surface area contributed by atoms with Crippen LogP contribution in [0.4, 0.5) is 11.4 Å². The Kier molecular flexibility index (Phi) is 7.88. The van der Waals surface area contributed by atoms with Crippen LogP contribution in [0.25, 0.3) is 5.69 Å². The highest BCUT2D eigenvalue weighted by Crippen LogP contribution is 2.29. The summed E-state index contributed by atoms with van der Waals surface area (Å²) >= 11 is 0. The maximum atomic E-state index is 13.3. The first-order chi connectivity index (χ1) is 17.9. The number of nitrogens with one attached hydrogen (secondary N) is 2. The van der Waals surface area contributed by atoms with Crippen LogP contribution in [0.2, 0.25) is 0 Å². The summed E-state index contributed by atoms with van der Waals surface area (Å²) in [6.45, 7) is 8.42. The van der Waals surface area contributed by atoms with Crippen molar-refractivity contribution in [2.45, 2.75) is 27.7 Å². The van der Waals surface area contributed by atoms with Crippen molar-refractivity contribution in [1.29, 1.82) is 0 Å². The lowest BCUT2D eigenvalue weighted by atomic mass is 10.1. The second-order valence-corrected chi connectivity index (χ2v) is 8.27. The highest BCUT2D eigenvalue weighted by Gasteiger charge is 2.19. The van der Waals surface area contributed by atoms with Crippen molar-refractivity contribution in [3.8, 4) is 17.2 Å². The lowest BCUT2D eigenvalue weighted by Crippen LogP contribution is -2.19. The van der Waals surface area contributed by atoms with Gasteiger partial charge in [-0.3, -0.25) is 9.59 Å². The molecule has 4 aromatic rings. The molecular formula is C29H30N4O4. The summed E-state index contributed by atoms with van der Waals surface area (Å²) in [7, 11) is 0. The number of aryl methyl sites for hydroxylation is 1. The van der Waals surface area contributed by atoms with E-state index in [-0.39, 0.29) is 11.8 Å². The van der Waals surface area contributed by atoms with E-state index in [0.717, 1.165) is 11.4 Å². The van der Waals surface area contributed by atoms with Crippen LogP contribution < -0.4 is 20.1 Å². The minimum Gasteiger partial charge on any atom is -0.490 e. The second-order valence-electron chi connectivity index (χ2n) is 8.27. The van der Waals surface area contributed by atoms with Gasteiger partial charge in [-0.25, -0.2) is 4.68 Å². The van der Waals surface area contributed by atoms with E-state index >= 15 is 0 Å². The number of benzene rings is 3. The average molecular weight is 499 g/mol. The van der Waals surface area contributed by atoms with E-state index in [1.165, 1.54) is 0 Å². The van der Waals surface area contributed by atoms with E-state index < -0.39 is 0 Å². The monoisotopic (exact) mass is 498 g/mol. The van der Waals surface area contributed by atoms with E-state index in [4.69, 9.17) is 9.47 Å². The largest absolute Gasteiger partial charge is 0.490 e. The van der Waals surface area contributed by atoms with Crippen LogP contribution >= 0.6 is 0 Å². The Morgan fingerprint density at radius 2 is 1.49 bits per heavy atom. The average Bonchev–Trinajstić information content (AvgIpc) is 3.19. The molecule has 4 rings (SSSR count). The molecule has 2 amide bonds. The highest BCUT2D eigenvalue weighted by molar-refractivity contribution is 6.12. The zero-order chi connectivity index (χ0) is 26.4. The van der Waals surface area contributed by atoms with Crippen LogP contribution in [0.5, 0.6) is 11.5 Å². The van der Waals surface area contributed by atoms with Crippen LogP contribution in [0.15, 0.2) is 72.8 Å². The first-order valence-corrected chi connectivity index (χ1v) is 12.2. The number of carbonyl (C=O) groups excluding carboxylic acids is 2. The van der Waals surface area contributed by atoms with E-state index in [1.807, 2.05) is 58.0 Å². The number of para-hydroxylation sites is 2. The summed E-state index contributed by atoms with van der Waals surface area (Å²) in [5.74, 6) is 0.344. The molecule has 0 bridgehead atoms. The molecule has 0 aliphatic rings. The van der Waals surface area contributed by atoms with Crippen molar-refractivity contribution in [2.24, 2.45) is 0 Å². The molecule has 0 aliphatic carbocycles. The van der Waals surface area contributed by atoms with Crippen LogP contribution in [0.1, 0.15) is 46.0 Å². The van der Waals surface area contributed by atoms with E-state index in [2.05, 4.69) is 15.7 Å². The molecule has 190 valence electrons. The molecule has 0 spiro atoms. The third-order valence-corrected chi connectivity index (χ3v) is 5.76. The molecule has 0 atom stereocenters. The maximum Gasteiger partial charge on any atom is 0.257 e. The number of nitrogens with zero attached hydrogens (tertiary/aromatic N) is 2. The molecule has 0 saturated heterocycles. The fraction of sp³-hybridized carbons (Fsp3) is 0.207. The molecule has 1 aromatic heterocycles. The van der Waals surface area contributed by atoms with Crippen molar-refractivity contribution in [1.82, 2.24) is 9.78 Å². The topological polar surface area (TPSA) is 94.5 Å². The summed E-state index contributed by atoms with van der Waals surface area (Å²) in [5, 5.41) is 10.4. The summed E-state index contributed by atoms with van der Waals surface area (Å²) in [6, 6.07) is 21.6. The Balaban J connectivity index is 1.56. The van der Waals surface area contributed by atoms with Crippen molar-refractivity contribution in [3.63, 3.8) is 0 Å². The molecule has 8 heteroatoms. The number of carbonyl (C=O) groups is 2. The van der Waals surface area contributed by atoms with Crippen molar-refractivity contribution < 1.29 is 19.1 Å². The molecule has 0 radical (unpaired) electrons. The molecule has 8 nitrogen and oxygen atoms in total. The number of amides is 2. The Morgan fingerprint density at radius 1 is 0.811 bits per heavy atom. The molecule has 0 fully saturated rings. The number of ether oxygens (including phenoxy) is 2. The van der Waals surface area contributed by atoms with E-state index in [1.54, 1.807) is 47.1 Å². The molecule has 3 aromatic carbocycles.